The number of allylic oxidation sites excluding steroid dienone is 4. The maximum Gasteiger partial charge on any atom is 0.0701 e. The van der Waals surface area contributed by atoms with Gasteiger partial charge in [-0.15, -0.1) is 0 Å². The Morgan fingerprint density at radius 3 is 1.53 bits per heavy atom. The van der Waals surface area contributed by atoms with E-state index >= 15 is 0 Å². The number of hydrogen-bond acceptors (Lipinski definition) is 2. The van der Waals surface area contributed by atoms with E-state index in [0.29, 0.717) is 0 Å². The molecule has 2 heteroatoms. The van der Waals surface area contributed by atoms with Crippen molar-refractivity contribution in [2.45, 2.75) is 12.8 Å². The minimum atomic E-state index is 0.163. The third-order valence-corrected chi connectivity index (χ3v) is 11.5. The molecule has 0 radical (unpaired) electrons. The summed E-state index contributed by atoms with van der Waals surface area (Å²) in [7, 11) is 0. The molecular weight excluding hydrogens is 689 g/mol. The van der Waals surface area contributed by atoms with Crippen LogP contribution in [0.25, 0.3) is 82.9 Å². The summed E-state index contributed by atoms with van der Waals surface area (Å²) >= 11 is 0. The highest BCUT2D eigenvalue weighted by atomic mass is 14.7. The first-order valence-corrected chi connectivity index (χ1v) is 19.8. The highest BCUT2D eigenvalue weighted by Crippen LogP contribution is 2.47. The molecule has 0 bridgehead atoms. The van der Waals surface area contributed by atoms with Crippen molar-refractivity contribution < 1.29 is 0 Å². The Labute approximate surface area is 334 Å². The van der Waals surface area contributed by atoms with Crippen molar-refractivity contribution in [2.24, 2.45) is 5.92 Å². The minimum absolute atomic E-state index is 0.163. The van der Waals surface area contributed by atoms with Gasteiger partial charge in [-0.2, -0.15) is 0 Å². The monoisotopic (exact) mass is 728 g/mol. The molecule has 0 amide bonds. The Balaban J connectivity index is 1.21. The summed E-state index contributed by atoms with van der Waals surface area (Å²) in [6.45, 7) is 2.35. The average Bonchev–Trinajstić information content (AvgIpc) is 3.29. The lowest BCUT2D eigenvalue weighted by Gasteiger charge is -2.28. The third kappa shape index (κ3) is 6.56. The molecule has 270 valence electrons. The molecule has 1 aliphatic rings. The normalized spacial score (nSPS) is 15.1. The summed E-state index contributed by atoms with van der Waals surface area (Å²) in [5.41, 5.74) is 15.3. The first-order valence-electron chi connectivity index (χ1n) is 19.8. The van der Waals surface area contributed by atoms with Gasteiger partial charge in [0.15, 0.2) is 0 Å². The van der Waals surface area contributed by atoms with Crippen molar-refractivity contribution in [1.82, 2.24) is 9.97 Å². The van der Waals surface area contributed by atoms with Gasteiger partial charge in [-0.1, -0.05) is 159 Å². The molecule has 2 nitrogen and oxygen atoms in total. The highest BCUT2D eigenvalue weighted by molar-refractivity contribution is 6.16. The first-order chi connectivity index (χ1) is 28.2. The molecule has 0 spiro atoms. The zero-order valence-electron chi connectivity index (χ0n) is 31.8. The van der Waals surface area contributed by atoms with Crippen LogP contribution in [-0.2, 0) is 0 Å². The lowest BCUT2D eigenvalue weighted by molar-refractivity contribution is 0.645. The summed E-state index contributed by atoms with van der Waals surface area (Å²) in [6.07, 6.45) is 10.8. The van der Waals surface area contributed by atoms with Gasteiger partial charge < -0.3 is 0 Å². The van der Waals surface area contributed by atoms with E-state index in [2.05, 4.69) is 199 Å². The molecule has 57 heavy (non-hydrogen) atoms. The van der Waals surface area contributed by atoms with E-state index in [1.807, 2.05) is 30.6 Å². The van der Waals surface area contributed by atoms with Crippen LogP contribution in [0.3, 0.4) is 0 Å². The van der Waals surface area contributed by atoms with E-state index in [4.69, 9.17) is 0 Å². The maximum atomic E-state index is 4.68. The lowest BCUT2D eigenvalue weighted by Crippen LogP contribution is -2.11. The molecule has 7 aromatic carbocycles. The molecule has 10 rings (SSSR count). The molecule has 9 aromatic rings. The summed E-state index contributed by atoms with van der Waals surface area (Å²) in [4.78, 5) is 9.31. The van der Waals surface area contributed by atoms with Crippen molar-refractivity contribution in [3.63, 3.8) is 0 Å². The lowest BCUT2D eigenvalue weighted by atomic mass is 9.76. The molecular formula is C55H40N2. The number of rotatable bonds is 7. The molecule has 2 heterocycles. The summed E-state index contributed by atoms with van der Waals surface area (Å²) in [5, 5.41) is 5.07. The van der Waals surface area contributed by atoms with E-state index in [0.717, 1.165) is 17.0 Å². The van der Waals surface area contributed by atoms with Crippen LogP contribution in [0, 0.1) is 5.92 Å². The van der Waals surface area contributed by atoms with Gasteiger partial charge in [0.1, 0.15) is 0 Å². The largest absolute Gasteiger partial charge is 0.256 e. The van der Waals surface area contributed by atoms with E-state index < -0.39 is 0 Å². The van der Waals surface area contributed by atoms with Crippen LogP contribution in [0.2, 0.25) is 0 Å². The SMILES string of the molecule is CC1C=C(c2ccccn2)C=CC1c1c2ccccc2c(-c2ccc(-c3ccccn3)cc2)c2ccc(-c3cc(-c4ccccc4)cc(-c4ccccc4)c3)cc12. The van der Waals surface area contributed by atoms with Crippen molar-refractivity contribution in [1.29, 1.82) is 0 Å². The Morgan fingerprint density at radius 1 is 0.386 bits per heavy atom. The zero-order chi connectivity index (χ0) is 38.1. The first kappa shape index (κ1) is 34.3. The van der Waals surface area contributed by atoms with Gasteiger partial charge in [0.25, 0.3) is 0 Å². The van der Waals surface area contributed by atoms with Crippen LogP contribution in [0.1, 0.15) is 24.1 Å². The fourth-order valence-corrected chi connectivity index (χ4v) is 8.68. The summed E-state index contributed by atoms with van der Waals surface area (Å²) in [5.74, 6) is 0.410. The molecule has 2 atom stereocenters. The Hall–Kier alpha value is -7.16. The van der Waals surface area contributed by atoms with E-state index in [1.54, 1.807) is 0 Å². The van der Waals surface area contributed by atoms with Gasteiger partial charge in [0.05, 0.1) is 11.4 Å². The molecule has 2 aromatic heterocycles. The number of pyridine rings is 2. The van der Waals surface area contributed by atoms with Crippen molar-refractivity contribution in [3.8, 4) is 55.8 Å². The van der Waals surface area contributed by atoms with E-state index in [9.17, 15) is 0 Å². The summed E-state index contributed by atoms with van der Waals surface area (Å²) in [6, 6.07) is 65.8. The number of fused-ring (bicyclic) bond motifs is 2. The van der Waals surface area contributed by atoms with E-state index in [-0.39, 0.29) is 11.8 Å². The maximum absolute atomic E-state index is 4.68. The fraction of sp³-hybridized carbons (Fsp3) is 0.0545. The van der Waals surface area contributed by atoms with Crippen LogP contribution >= 0.6 is 0 Å². The number of hydrogen-bond donors (Lipinski definition) is 0. The van der Waals surface area contributed by atoms with Crippen LogP contribution in [0.5, 0.6) is 0 Å². The van der Waals surface area contributed by atoms with Gasteiger partial charge >= 0.3 is 0 Å². The van der Waals surface area contributed by atoms with Gasteiger partial charge in [0.2, 0.25) is 0 Å². The third-order valence-electron chi connectivity index (χ3n) is 11.5. The second-order valence-corrected chi connectivity index (χ2v) is 15.0. The molecule has 0 fully saturated rings. The smallest absolute Gasteiger partial charge is 0.0701 e. The van der Waals surface area contributed by atoms with Crippen LogP contribution < -0.4 is 0 Å². The van der Waals surface area contributed by atoms with Gasteiger partial charge in [-0.05, 0) is 132 Å². The topological polar surface area (TPSA) is 25.8 Å². The van der Waals surface area contributed by atoms with Crippen molar-refractivity contribution >= 4 is 27.1 Å². The Kier molecular flexibility index (Phi) is 8.93. The van der Waals surface area contributed by atoms with Gasteiger partial charge in [-0.3, -0.25) is 9.97 Å². The highest BCUT2D eigenvalue weighted by Gasteiger charge is 2.26. The van der Waals surface area contributed by atoms with Crippen molar-refractivity contribution in [2.75, 3.05) is 0 Å². The van der Waals surface area contributed by atoms with Crippen LogP contribution in [0.4, 0.5) is 0 Å². The predicted octanol–water partition coefficient (Wildman–Crippen LogP) is 14.5. The minimum Gasteiger partial charge on any atom is -0.256 e. The molecule has 0 N–H and O–H groups in total. The van der Waals surface area contributed by atoms with Crippen LogP contribution in [-0.4, -0.2) is 9.97 Å². The van der Waals surface area contributed by atoms with Crippen molar-refractivity contribution in [3.05, 3.63) is 224 Å². The Morgan fingerprint density at radius 2 is 0.912 bits per heavy atom. The predicted molar refractivity (Wildman–Crippen MR) is 240 cm³/mol. The molecule has 0 saturated carbocycles. The molecule has 2 unspecified atom stereocenters. The molecule has 0 aliphatic heterocycles. The van der Waals surface area contributed by atoms with E-state index in [1.165, 1.54) is 77.2 Å². The Bertz CT molecular complexity index is 2870. The number of benzene rings is 7. The molecule has 0 saturated heterocycles. The summed E-state index contributed by atoms with van der Waals surface area (Å²) < 4.78 is 0. The molecule has 1 aliphatic carbocycles. The van der Waals surface area contributed by atoms with Gasteiger partial charge in [-0.25, -0.2) is 0 Å². The van der Waals surface area contributed by atoms with Crippen LogP contribution in [0.15, 0.2) is 213 Å². The number of nitrogens with zero attached hydrogens (tertiary/aromatic N) is 2. The second-order valence-electron chi connectivity index (χ2n) is 15.0. The standard InChI is InChI=1S/C55H40N2/c1-37-32-43(53-21-11-13-31-57-53)27-28-47(37)55-49-19-9-8-18-48(49)54(41-24-22-40(23-25-41)52-20-10-12-30-56-52)50-29-26-42(36-51(50)55)46-34-44(38-14-4-2-5-15-38)33-45(35-46)39-16-6-3-7-17-39/h2-37,47H,1H3. The quantitative estimate of drug-likeness (QED) is 0.153. The number of aromatic nitrogens is 2. The second kappa shape index (κ2) is 14.8. The average molecular weight is 729 g/mol. The van der Waals surface area contributed by atoms with Gasteiger partial charge in [0, 0.05) is 23.9 Å². The zero-order valence-corrected chi connectivity index (χ0v) is 31.8. The fourth-order valence-electron chi connectivity index (χ4n) is 8.68.